The van der Waals surface area contributed by atoms with Crippen LogP contribution in [0.2, 0.25) is 0 Å². The van der Waals surface area contributed by atoms with Crippen LogP contribution in [0.15, 0.2) is 18.2 Å². The van der Waals surface area contributed by atoms with Crippen molar-refractivity contribution in [1.82, 2.24) is 4.57 Å². The van der Waals surface area contributed by atoms with E-state index in [0.717, 1.165) is 11.1 Å². The van der Waals surface area contributed by atoms with Gasteiger partial charge < -0.3 is 9.67 Å². The Hall–Kier alpha value is -2.10. The van der Waals surface area contributed by atoms with Gasteiger partial charge in [0.2, 0.25) is 0 Å². The highest BCUT2D eigenvalue weighted by molar-refractivity contribution is 6.12. The zero-order chi connectivity index (χ0) is 13.4. The minimum atomic E-state index is -0.970. The number of aryl methyl sites for hydroxylation is 1. The lowest BCUT2D eigenvalue weighted by Gasteiger charge is -2.06. The topological polar surface area (TPSA) is 59.3 Å². The molecule has 18 heavy (non-hydrogen) atoms. The van der Waals surface area contributed by atoms with E-state index in [4.69, 9.17) is 0 Å². The van der Waals surface area contributed by atoms with Crippen LogP contribution in [0, 0.1) is 6.92 Å². The van der Waals surface area contributed by atoms with Crippen LogP contribution in [-0.4, -0.2) is 21.4 Å². The number of para-hydroxylation sites is 1. The minimum Gasteiger partial charge on any atom is -0.478 e. The van der Waals surface area contributed by atoms with Crippen molar-refractivity contribution in [2.45, 2.75) is 27.3 Å². The van der Waals surface area contributed by atoms with Gasteiger partial charge in [-0.2, -0.15) is 0 Å². The number of carboxylic acid groups (broad SMARTS) is 1. The van der Waals surface area contributed by atoms with Crippen LogP contribution < -0.4 is 0 Å². The first-order valence-electron chi connectivity index (χ1n) is 5.85. The number of Topliss-reactive ketones (excluding diaryl/α,β-unsaturated/α-hetero) is 1. The van der Waals surface area contributed by atoms with Crippen LogP contribution in [0.25, 0.3) is 10.9 Å². The van der Waals surface area contributed by atoms with Gasteiger partial charge in [0.05, 0.1) is 11.1 Å². The van der Waals surface area contributed by atoms with Crippen molar-refractivity contribution in [2.75, 3.05) is 0 Å². The lowest BCUT2D eigenvalue weighted by Crippen LogP contribution is -2.03. The van der Waals surface area contributed by atoms with Crippen molar-refractivity contribution >= 4 is 22.7 Å². The third-order valence-corrected chi connectivity index (χ3v) is 3.24. The number of fused-ring (bicyclic) bond motifs is 1. The summed E-state index contributed by atoms with van der Waals surface area (Å²) in [5, 5.41) is 9.97. The first kappa shape index (κ1) is 12.4. The molecule has 94 valence electrons. The molecule has 4 nitrogen and oxygen atoms in total. The number of benzene rings is 1. The molecule has 0 amide bonds. The van der Waals surface area contributed by atoms with E-state index >= 15 is 0 Å². The maximum Gasteiger partial charge on any atom is 0.337 e. The standard InChI is InChI=1S/C14H15NO3/c1-4-15-8(2)12(9(3)16)10-6-5-7-11(13(10)15)14(17)18/h5-7H,4H2,1-3H3,(H,17,18). The highest BCUT2D eigenvalue weighted by atomic mass is 16.4. The summed E-state index contributed by atoms with van der Waals surface area (Å²) in [5.74, 6) is -1.00. The molecule has 2 aromatic rings. The minimum absolute atomic E-state index is 0.0350. The molecular formula is C14H15NO3. The van der Waals surface area contributed by atoms with Crippen LogP contribution in [0.1, 0.15) is 40.3 Å². The molecule has 0 unspecified atom stereocenters. The SMILES string of the molecule is CCn1c(C)c(C(C)=O)c2cccc(C(=O)O)c21. The van der Waals surface area contributed by atoms with Crippen LogP contribution in [0.4, 0.5) is 0 Å². The average Bonchev–Trinajstić information content (AvgIpc) is 2.59. The number of carboxylic acids is 1. The molecule has 0 aliphatic rings. The van der Waals surface area contributed by atoms with E-state index in [0.29, 0.717) is 17.6 Å². The number of aromatic nitrogens is 1. The van der Waals surface area contributed by atoms with Crippen molar-refractivity contribution < 1.29 is 14.7 Å². The summed E-state index contributed by atoms with van der Waals surface area (Å²) in [4.78, 5) is 23.0. The van der Waals surface area contributed by atoms with E-state index in [1.165, 1.54) is 6.92 Å². The van der Waals surface area contributed by atoms with E-state index in [-0.39, 0.29) is 11.3 Å². The fraction of sp³-hybridized carbons (Fsp3) is 0.286. The van der Waals surface area contributed by atoms with Gasteiger partial charge in [-0.25, -0.2) is 4.79 Å². The second-order valence-electron chi connectivity index (χ2n) is 4.27. The maximum absolute atomic E-state index is 11.7. The van der Waals surface area contributed by atoms with Gasteiger partial charge in [-0.3, -0.25) is 4.79 Å². The fourth-order valence-corrected chi connectivity index (χ4v) is 2.55. The van der Waals surface area contributed by atoms with Crippen molar-refractivity contribution in [2.24, 2.45) is 0 Å². The van der Waals surface area contributed by atoms with Gasteiger partial charge in [0.15, 0.2) is 5.78 Å². The molecule has 0 aliphatic heterocycles. The summed E-state index contributed by atoms with van der Waals surface area (Å²) in [5.41, 5.74) is 2.32. The Morgan fingerprint density at radius 3 is 2.50 bits per heavy atom. The zero-order valence-electron chi connectivity index (χ0n) is 10.7. The van der Waals surface area contributed by atoms with E-state index in [2.05, 4.69) is 0 Å². The average molecular weight is 245 g/mol. The van der Waals surface area contributed by atoms with Gasteiger partial charge in [0.25, 0.3) is 0 Å². The summed E-state index contributed by atoms with van der Waals surface area (Å²) in [6, 6.07) is 5.05. The van der Waals surface area contributed by atoms with Crippen LogP contribution >= 0.6 is 0 Å². The van der Waals surface area contributed by atoms with Crippen molar-refractivity contribution in [3.63, 3.8) is 0 Å². The van der Waals surface area contributed by atoms with E-state index in [1.807, 2.05) is 18.4 Å². The predicted octanol–water partition coefficient (Wildman–Crippen LogP) is 2.87. The largest absolute Gasteiger partial charge is 0.478 e. The monoisotopic (exact) mass is 245 g/mol. The summed E-state index contributed by atoms with van der Waals surface area (Å²) in [7, 11) is 0. The van der Waals surface area contributed by atoms with E-state index < -0.39 is 5.97 Å². The van der Waals surface area contributed by atoms with Crippen LogP contribution in [0.3, 0.4) is 0 Å². The smallest absolute Gasteiger partial charge is 0.337 e. The number of carbonyl (C=O) groups is 2. The lowest BCUT2D eigenvalue weighted by atomic mass is 10.1. The van der Waals surface area contributed by atoms with Crippen LogP contribution in [-0.2, 0) is 6.54 Å². The second kappa shape index (κ2) is 4.29. The molecule has 1 N–H and O–H groups in total. The molecule has 0 radical (unpaired) electrons. The Morgan fingerprint density at radius 1 is 1.33 bits per heavy atom. The molecular weight excluding hydrogens is 230 g/mol. The highest BCUT2D eigenvalue weighted by Crippen LogP contribution is 2.29. The summed E-state index contributed by atoms with van der Waals surface area (Å²) >= 11 is 0. The Kier molecular flexibility index (Phi) is 2.95. The first-order chi connectivity index (χ1) is 8.49. The summed E-state index contributed by atoms with van der Waals surface area (Å²) < 4.78 is 1.88. The zero-order valence-corrected chi connectivity index (χ0v) is 10.7. The molecule has 0 atom stereocenters. The molecule has 0 aliphatic carbocycles. The second-order valence-corrected chi connectivity index (χ2v) is 4.27. The molecule has 0 spiro atoms. The number of rotatable bonds is 3. The van der Waals surface area contributed by atoms with Gasteiger partial charge >= 0.3 is 5.97 Å². The third-order valence-electron chi connectivity index (χ3n) is 3.24. The fourth-order valence-electron chi connectivity index (χ4n) is 2.55. The molecule has 2 rings (SSSR count). The Bertz CT molecular complexity index is 653. The molecule has 0 saturated carbocycles. The summed E-state index contributed by atoms with van der Waals surface area (Å²) in [6.07, 6.45) is 0. The van der Waals surface area contributed by atoms with Crippen molar-refractivity contribution in [3.05, 3.63) is 35.0 Å². The number of hydrogen-bond donors (Lipinski definition) is 1. The van der Waals surface area contributed by atoms with Gasteiger partial charge in [0, 0.05) is 23.2 Å². The highest BCUT2D eigenvalue weighted by Gasteiger charge is 2.20. The normalized spacial score (nSPS) is 10.8. The lowest BCUT2D eigenvalue weighted by molar-refractivity contribution is 0.0698. The van der Waals surface area contributed by atoms with Crippen molar-refractivity contribution in [3.8, 4) is 0 Å². The van der Waals surface area contributed by atoms with Gasteiger partial charge in [-0.1, -0.05) is 12.1 Å². The van der Waals surface area contributed by atoms with E-state index in [1.54, 1.807) is 18.2 Å². The van der Waals surface area contributed by atoms with Gasteiger partial charge in [0.1, 0.15) is 0 Å². The number of hydrogen-bond acceptors (Lipinski definition) is 2. The quantitative estimate of drug-likeness (QED) is 0.846. The molecule has 1 aromatic carbocycles. The molecule has 0 saturated heterocycles. The first-order valence-corrected chi connectivity index (χ1v) is 5.85. The van der Waals surface area contributed by atoms with Gasteiger partial charge in [-0.05, 0) is 26.8 Å². The molecule has 1 heterocycles. The Labute approximate surface area is 105 Å². The Morgan fingerprint density at radius 2 is 2.00 bits per heavy atom. The van der Waals surface area contributed by atoms with Gasteiger partial charge in [-0.15, -0.1) is 0 Å². The molecule has 0 bridgehead atoms. The van der Waals surface area contributed by atoms with E-state index in [9.17, 15) is 14.7 Å². The summed E-state index contributed by atoms with van der Waals surface area (Å²) in [6.45, 7) is 5.94. The van der Waals surface area contributed by atoms with Crippen molar-refractivity contribution in [1.29, 1.82) is 0 Å². The molecule has 4 heteroatoms. The predicted molar refractivity (Wildman–Crippen MR) is 69.3 cm³/mol. The Balaban J connectivity index is 3.00. The van der Waals surface area contributed by atoms with Crippen LogP contribution in [0.5, 0.6) is 0 Å². The molecule has 0 fully saturated rings. The number of nitrogens with zero attached hydrogens (tertiary/aromatic N) is 1. The third kappa shape index (κ3) is 1.61. The number of aromatic carboxylic acids is 1. The molecule has 1 aromatic heterocycles. The number of ketones is 1. The number of carbonyl (C=O) groups excluding carboxylic acids is 1. The maximum atomic E-state index is 11.7.